The molecule has 8 nitrogen and oxygen atoms in total. The number of hydrogen-bond donors (Lipinski definition) is 0. The summed E-state index contributed by atoms with van der Waals surface area (Å²) in [6, 6.07) is 11.7. The fourth-order valence-electron chi connectivity index (χ4n) is 6.29. The van der Waals surface area contributed by atoms with Crippen LogP contribution in [0.4, 0.5) is 6.01 Å². The van der Waals surface area contributed by atoms with Crippen LogP contribution in [0.5, 0.6) is 0 Å². The number of benzene rings is 2. The Balaban J connectivity index is 1.03. The maximum absolute atomic E-state index is 11.9. The molecule has 1 aliphatic heterocycles. The van der Waals surface area contributed by atoms with Gasteiger partial charge in [-0.1, -0.05) is 28.9 Å². The lowest BCUT2D eigenvalue weighted by atomic mass is 10.0. The molecule has 39 heavy (non-hydrogen) atoms. The predicted octanol–water partition coefficient (Wildman–Crippen LogP) is 6.54. The van der Waals surface area contributed by atoms with E-state index in [1.54, 1.807) is 18.2 Å². The first-order valence-corrected chi connectivity index (χ1v) is 14.0. The third-order valence-corrected chi connectivity index (χ3v) is 8.78. The third kappa shape index (κ3) is 4.49. The van der Waals surface area contributed by atoms with Gasteiger partial charge in [0, 0.05) is 30.1 Å². The molecule has 2 saturated carbocycles. The molecule has 4 aromatic rings. The van der Waals surface area contributed by atoms with Gasteiger partial charge in [0.15, 0.2) is 5.58 Å². The first-order valence-electron chi connectivity index (χ1n) is 13.6. The van der Waals surface area contributed by atoms with Crippen molar-refractivity contribution in [2.45, 2.75) is 51.2 Å². The summed E-state index contributed by atoms with van der Waals surface area (Å²) in [7, 11) is 1.37. The molecule has 0 N–H and O–H groups in total. The number of fused-ring (bicyclic) bond motifs is 2. The normalized spacial score (nSPS) is 22.5. The lowest BCUT2D eigenvalue weighted by molar-refractivity contribution is 0.0402. The number of aromatic nitrogens is 2. The van der Waals surface area contributed by atoms with Gasteiger partial charge in [-0.2, -0.15) is 4.98 Å². The van der Waals surface area contributed by atoms with E-state index < -0.39 is 0 Å². The predicted molar refractivity (Wildman–Crippen MR) is 146 cm³/mol. The van der Waals surface area contributed by atoms with Gasteiger partial charge < -0.3 is 23.3 Å². The summed E-state index contributed by atoms with van der Waals surface area (Å²) in [5.74, 6) is 2.04. The number of hydrogen-bond acceptors (Lipinski definition) is 8. The van der Waals surface area contributed by atoms with Crippen molar-refractivity contribution in [3.8, 4) is 11.3 Å². The fraction of sp³-hybridized carbons (Fsp3) is 0.433. The number of esters is 1. The number of anilines is 1. The molecule has 0 amide bonds. The number of rotatable bonds is 7. The van der Waals surface area contributed by atoms with Crippen molar-refractivity contribution in [1.82, 2.24) is 10.1 Å². The minimum atomic E-state index is -0.388. The van der Waals surface area contributed by atoms with E-state index in [1.807, 2.05) is 12.1 Å². The second-order valence-electron chi connectivity index (χ2n) is 11.1. The maximum atomic E-state index is 11.9. The van der Waals surface area contributed by atoms with Gasteiger partial charge in [-0.25, -0.2) is 4.79 Å². The summed E-state index contributed by atoms with van der Waals surface area (Å²) in [4.78, 5) is 18.8. The average molecular weight is 548 g/mol. The summed E-state index contributed by atoms with van der Waals surface area (Å²) in [5.41, 5.74) is 5.66. The van der Waals surface area contributed by atoms with Crippen molar-refractivity contribution in [2.24, 2.45) is 11.8 Å². The number of ether oxygens (including phenoxy) is 2. The van der Waals surface area contributed by atoms with Gasteiger partial charge in [-0.05, 0) is 74.3 Å². The van der Waals surface area contributed by atoms with E-state index in [1.165, 1.54) is 7.11 Å². The molecule has 3 atom stereocenters. The van der Waals surface area contributed by atoms with Crippen molar-refractivity contribution >= 4 is 34.7 Å². The van der Waals surface area contributed by atoms with Crippen molar-refractivity contribution < 1.29 is 23.2 Å². The highest BCUT2D eigenvalue weighted by atomic mass is 35.5. The van der Waals surface area contributed by atoms with Crippen LogP contribution in [0.1, 0.15) is 58.8 Å². The van der Waals surface area contributed by atoms with Crippen LogP contribution in [0.25, 0.3) is 22.4 Å². The summed E-state index contributed by atoms with van der Waals surface area (Å²) >= 11 is 6.59. The first-order chi connectivity index (χ1) is 19.0. The minimum Gasteiger partial charge on any atom is -0.465 e. The molecule has 3 aliphatic rings. The number of aryl methyl sites for hydroxylation is 1. The lowest BCUT2D eigenvalue weighted by Crippen LogP contribution is -2.23. The average Bonchev–Trinajstić information content (AvgIpc) is 3.24. The summed E-state index contributed by atoms with van der Waals surface area (Å²) in [5, 5.41) is 5.15. The van der Waals surface area contributed by atoms with E-state index in [2.05, 4.69) is 28.0 Å². The number of halogens is 1. The zero-order valence-electron chi connectivity index (χ0n) is 22.0. The molecule has 0 radical (unpaired) electrons. The van der Waals surface area contributed by atoms with Gasteiger partial charge in [-0.3, -0.25) is 0 Å². The zero-order chi connectivity index (χ0) is 26.7. The highest BCUT2D eigenvalue weighted by Crippen LogP contribution is 2.46. The largest absolute Gasteiger partial charge is 0.465 e. The van der Waals surface area contributed by atoms with Crippen LogP contribution in [-0.4, -0.2) is 42.4 Å². The van der Waals surface area contributed by atoms with Gasteiger partial charge in [0.25, 0.3) is 6.01 Å². The topological polar surface area (TPSA) is 90.8 Å². The van der Waals surface area contributed by atoms with Crippen LogP contribution in [0.2, 0.25) is 5.02 Å². The molecule has 0 bridgehead atoms. The molecular weight excluding hydrogens is 518 g/mol. The number of oxazole rings is 1. The SMILES string of the molecule is COC(=O)c1ccc2nc(N3CC4CC(OCc5c(-c6c(C)cccc6Cl)noc5C5CC5)C[C@H]4C3)oc2c1. The van der Waals surface area contributed by atoms with Crippen LogP contribution >= 0.6 is 11.6 Å². The minimum absolute atomic E-state index is 0.190. The second kappa shape index (κ2) is 9.68. The van der Waals surface area contributed by atoms with Crippen LogP contribution in [0, 0.1) is 18.8 Å². The molecule has 2 unspecified atom stereocenters. The van der Waals surface area contributed by atoms with Crippen molar-refractivity contribution in [2.75, 3.05) is 25.1 Å². The van der Waals surface area contributed by atoms with Gasteiger partial charge >= 0.3 is 5.97 Å². The van der Waals surface area contributed by atoms with Gasteiger partial charge in [0.05, 0.1) is 30.4 Å². The zero-order valence-corrected chi connectivity index (χ0v) is 22.7. The van der Waals surface area contributed by atoms with Crippen LogP contribution < -0.4 is 4.90 Å². The van der Waals surface area contributed by atoms with Gasteiger partial charge in [-0.15, -0.1) is 0 Å². The Kier molecular flexibility index (Phi) is 6.12. The fourth-order valence-corrected chi connectivity index (χ4v) is 6.60. The van der Waals surface area contributed by atoms with E-state index in [0.717, 1.165) is 72.4 Å². The number of carbonyl (C=O) groups is 1. The first kappa shape index (κ1) is 24.7. The van der Waals surface area contributed by atoms with E-state index in [4.69, 9.17) is 30.0 Å². The van der Waals surface area contributed by atoms with Crippen LogP contribution in [0.3, 0.4) is 0 Å². The Labute approximate surface area is 231 Å². The maximum Gasteiger partial charge on any atom is 0.337 e. The van der Waals surface area contributed by atoms with E-state index in [0.29, 0.717) is 46.5 Å². The van der Waals surface area contributed by atoms with Gasteiger partial charge in [0.2, 0.25) is 0 Å². The standard InChI is InChI=1S/C30H30ClN3O5/c1-16-4-3-5-23(31)26(16)27-22(28(39-33-27)17-6-7-17)15-37-21-10-19-13-34(14-20(19)11-21)30-32-24-9-8-18(29(35)36-2)12-25(24)38-30/h3-5,8-9,12,17,19-21H,6-7,10-11,13-15H2,1-2H3/t19-,20?,21?/m0/s1. The lowest BCUT2D eigenvalue weighted by Gasteiger charge is -2.18. The smallest absolute Gasteiger partial charge is 0.337 e. The van der Waals surface area contributed by atoms with Crippen LogP contribution in [0.15, 0.2) is 45.3 Å². The van der Waals surface area contributed by atoms with E-state index in [-0.39, 0.29) is 12.1 Å². The molecular formula is C30H30ClN3O5. The Morgan fingerprint density at radius 1 is 1.15 bits per heavy atom. The summed E-state index contributed by atoms with van der Waals surface area (Å²) in [6.07, 6.45) is 4.45. The van der Waals surface area contributed by atoms with Crippen molar-refractivity contribution in [3.63, 3.8) is 0 Å². The highest BCUT2D eigenvalue weighted by Gasteiger charge is 2.43. The van der Waals surface area contributed by atoms with Crippen molar-refractivity contribution in [1.29, 1.82) is 0 Å². The van der Waals surface area contributed by atoms with Crippen LogP contribution in [-0.2, 0) is 16.1 Å². The number of methoxy groups -OCH3 is 1. The molecule has 202 valence electrons. The second-order valence-corrected chi connectivity index (χ2v) is 11.5. The Hall–Kier alpha value is -3.36. The molecule has 1 saturated heterocycles. The van der Waals surface area contributed by atoms with E-state index >= 15 is 0 Å². The highest BCUT2D eigenvalue weighted by molar-refractivity contribution is 6.33. The Morgan fingerprint density at radius 2 is 1.95 bits per heavy atom. The molecule has 2 aliphatic carbocycles. The molecule has 9 heteroatoms. The molecule has 3 heterocycles. The Morgan fingerprint density at radius 3 is 2.67 bits per heavy atom. The van der Waals surface area contributed by atoms with Crippen molar-refractivity contribution in [3.05, 3.63) is 63.9 Å². The third-order valence-electron chi connectivity index (χ3n) is 8.47. The Bertz CT molecular complexity index is 1520. The number of nitrogens with zero attached hydrogens (tertiary/aromatic N) is 3. The molecule has 2 aromatic heterocycles. The monoisotopic (exact) mass is 547 g/mol. The summed E-state index contributed by atoms with van der Waals surface area (Å²) < 4.78 is 23.2. The molecule has 0 spiro atoms. The molecule has 3 fully saturated rings. The molecule has 2 aromatic carbocycles. The number of carbonyl (C=O) groups excluding carboxylic acids is 1. The van der Waals surface area contributed by atoms with E-state index in [9.17, 15) is 4.79 Å². The summed E-state index contributed by atoms with van der Waals surface area (Å²) in [6.45, 7) is 4.30. The van der Waals surface area contributed by atoms with Gasteiger partial charge in [0.1, 0.15) is 17.0 Å². The quantitative estimate of drug-likeness (QED) is 0.241. The molecule has 7 rings (SSSR count).